The van der Waals surface area contributed by atoms with Crippen LogP contribution in [0.5, 0.6) is 0 Å². The second-order valence-electron chi connectivity index (χ2n) is 8.75. The average Bonchev–Trinajstić information content (AvgIpc) is 2.35. The molecular formula is C18H32N2O. The molecule has 1 unspecified atom stereocenters. The van der Waals surface area contributed by atoms with Gasteiger partial charge in [-0.2, -0.15) is 0 Å². The second-order valence-corrected chi connectivity index (χ2v) is 8.75. The molecule has 4 aliphatic carbocycles. The van der Waals surface area contributed by atoms with Crippen LogP contribution in [-0.4, -0.2) is 18.0 Å². The fourth-order valence-electron chi connectivity index (χ4n) is 5.80. The number of rotatable bonds is 5. The van der Waals surface area contributed by atoms with Crippen molar-refractivity contribution in [1.82, 2.24) is 5.32 Å². The first-order chi connectivity index (χ1) is 9.88. The molecule has 0 aromatic heterocycles. The summed E-state index contributed by atoms with van der Waals surface area (Å²) >= 11 is 0. The number of amides is 1. The van der Waals surface area contributed by atoms with E-state index < -0.39 is 0 Å². The standard InChI is InChI=1S/C18H32N2O/c1-11(2)4-16(19)17(21)20-12(3)18-8-13-5-14(9-18)7-15(6-13)10-18/h11-16H,4-10,19H2,1-3H3,(H,20,21)/t12?,13?,14?,15?,16-,18?/m1/s1. The molecule has 3 N–H and O–H groups in total. The summed E-state index contributed by atoms with van der Waals surface area (Å²) in [5, 5.41) is 3.28. The van der Waals surface area contributed by atoms with Crippen molar-refractivity contribution < 1.29 is 4.79 Å². The monoisotopic (exact) mass is 292 g/mol. The van der Waals surface area contributed by atoms with E-state index in [1.807, 2.05) is 0 Å². The van der Waals surface area contributed by atoms with E-state index >= 15 is 0 Å². The van der Waals surface area contributed by atoms with Crippen LogP contribution in [0.15, 0.2) is 0 Å². The quantitative estimate of drug-likeness (QED) is 0.818. The zero-order valence-corrected chi connectivity index (χ0v) is 13.9. The lowest BCUT2D eigenvalue weighted by atomic mass is 9.48. The lowest BCUT2D eigenvalue weighted by Gasteiger charge is -2.59. The summed E-state index contributed by atoms with van der Waals surface area (Å²) in [6.45, 7) is 6.47. The highest BCUT2D eigenvalue weighted by atomic mass is 16.2. The molecule has 4 rings (SSSR count). The molecule has 4 fully saturated rings. The zero-order valence-electron chi connectivity index (χ0n) is 13.9. The number of hydrogen-bond donors (Lipinski definition) is 2. The lowest BCUT2D eigenvalue weighted by Crippen LogP contribution is -2.57. The summed E-state index contributed by atoms with van der Waals surface area (Å²) in [4.78, 5) is 12.3. The summed E-state index contributed by atoms with van der Waals surface area (Å²) in [5.41, 5.74) is 6.42. The van der Waals surface area contributed by atoms with E-state index in [1.54, 1.807) is 0 Å². The van der Waals surface area contributed by atoms with E-state index in [0.29, 0.717) is 11.3 Å². The Labute approximate surface area is 129 Å². The molecule has 1 amide bonds. The summed E-state index contributed by atoms with van der Waals surface area (Å²) in [7, 11) is 0. The molecule has 0 aliphatic heterocycles. The van der Waals surface area contributed by atoms with E-state index in [9.17, 15) is 4.79 Å². The summed E-state index contributed by atoms with van der Waals surface area (Å²) < 4.78 is 0. The fraction of sp³-hybridized carbons (Fsp3) is 0.944. The maximum absolute atomic E-state index is 12.3. The Hall–Kier alpha value is -0.570. The number of nitrogens with two attached hydrogens (primary N) is 1. The van der Waals surface area contributed by atoms with Gasteiger partial charge in [0.05, 0.1) is 6.04 Å². The molecule has 0 saturated heterocycles. The van der Waals surface area contributed by atoms with Crippen molar-refractivity contribution in [1.29, 1.82) is 0 Å². The minimum Gasteiger partial charge on any atom is -0.352 e. The van der Waals surface area contributed by atoms with E-state index in [2.05, 4.69) is 26.1 Å². The third-order valence-corrected chi connectivity index (χ3v) is 6.43. The van der Waals surface area contributed by atoms with Crippen molar-refractivity contribution in [3.8, 4) is 0 Å². The molecule has 4 aliphatic rings. The van der Waals surface area contributed by atoms with Crippen molar-refractivity contribution in [2.75, 3.05) is 0 Å². The third-order valence-electron chi connectivity index (χ3n) is 6.43. The molecule has 0 heterocycles. The number of nitrogens with one attached hydrogen (secondary N) is 1. The van der Waals surface area contributed by atoms with E-state index in [1.165, 1.54) is 38.5 Å². The molecule has 0 aromatic carbocycles. The summed E-state index contributed by atoms with van der Waals surface area (Å²) in [6, 6.07) is -0.0574. The molecule has 0 spiro atoms. The number of carbonyl (C=O) groups is 1. The van der Waals surface area contributed by atoms with Gasteiger partial charge in [-0.15, -0.1) is 0 Å². The SMILES string of the molecule is CC(C)C[C@@H](N)C(=O)NC(C)C12CC3CC(CC(C3)C1)C2. The van der Waals surface area contributed by atoms with Crippen molar-refractivity contribution in [2.24, 2.45) is 34.8 Å². The maximum Gasteiger partial charge on any atom is 0.237 e. The van der Waals surface area contributed by atoms with Gasteiger partial charge in [-0.25, -0.2) is 0 Å². The first-order valence-electron chi connectivity index (χ1n) is 8.94. The zero-order chi connectivity index (χ0) is 15.2. The Kier molecular flexibility index (Phi) is 4.06. The van der Waals surface area contributed by atoms with Crippen LogP contribution in [-0.2, 0) is 4.79 Å². The Bertz CT molecular complexity index is 369. The van der Waals surface area contributed by atoms with Crippen molar-refractivity contribution in [3.05, 3.63) is 0 Å². The minimum atomic E-state index is -0.346. The maximum atomic E-state index is 12.3. The van der Waals surface area contributed by atoms with E-state index in [4.69, 9.17) is 5.73 Å². The molecule has 2 atom stereocenters. The Balaban J connectivity index is 1.62. The van der Waals surface area contributed by atoms with Gasteiger partial charge in [0, 0.05) is 6.04 Å². The van der Waals surface area contributed by atoms with Crippen LogP contribution in [0.25, 0.3) is 0 Å². The van der Waals surface area contributed by atoms with Gasteiger partial charge in [0.2, 0.25) is 5.91 Å². The van der Waals surface area contributed by atoms with Crippen LogP contribution in [0.3, 0.4) is 0 Å². The topological polar surface area (TPSA) is 55.1 Å². The molecule has 4 saturated carbocycles. The molecule has 0 aromatic rings. The van der Waals surface area contributed by atoms with Gasteiger partial charge < -0.3 is 11.1 Å². The molecule has 120 valence electrons. The highest BCUT2D eigenvalue weighted by molar-refractivity contribution is 5.81. The Morgan fingerprint density at radius 3 is 2.00 bits per heavy atom. The van der Waals surface area contributed by atoms with Gasteiger partial charge in [0.25, 0.3) is 0 Å². The highest BCUT2D eigenvalue weighted by Crippen LogP contribution is 2.61. The predicted octanol–water partition coefficient (Wildman–Crippen LogP) is 3.08. The summed E-state index contributed by atoms with van der Waals surface area (Å²) in [6.07, 6.45) is 9.13. The Morgan fingerprint density at radius 2 is 1.57 bits per heavy atom. The van der Waals surface area contributed by atoms with Crippen LogP contribution < -0.4 is 11.1 Å². The van der Waals surface area contributed by atoms with Gasteiger partial charge in [0.15, 0.2) is 0 Å². The Morgan fingerprint density at radius 1 is 1.10 bits per heavy atom. The predicted molar refractivity (Wildman–Crippen MR) is 85.6 cm³/mol. The largest absolute Gasteiger partial charge is 0.352 e. The average molecular weight is 292 g/mol. The fourth-order valence-corrected chi connectivity index (χ4v) is 5.80. The smallest absolute Gasteiger partial charge is 0.237 e. The molecule has 3 heteroatoms. The van der Waals surface area contributed by atoms with Crippen LogP contribution >= 0.6 is 0 Å². The van der Waals surface area contributed by atoms with E-state index in [-0.39, 0.29) is 18.0 Å². The molecule has 3 nitrogen and oxygen atoms in total. The third kappa shape index (κ3) is 2.99. The number of carbonyl (C=O) groups excluding carboxylic acids is 1. The molecule has 4 bridgehead atoms. The summed E-state index contributed by atoms with van der Waals surface area (Å²) in [5.74, 6) is 3.33. The first-order valence-corrected chi connectivity index (χ1v) is 8.94. The van der Waals surface area contributed by atoms with Crippen molar-refractivity contribution in [3.63, 3.8) is 0 Å². The van der Waals surface area contributed by atoms with Gasteiger partial charge in [0.1, 0.15) is 0 Å². The lowest BCUT2D eigenvalue weighted by molar-refractivity contribution is -0.127. The van der Waals surface area contributed by atoms with Crippen LogP contribution in [0.4, 0.5) is 0 Å². The van der Waals surface area contributed by atoms with E-state index in [0.717, 1.165) is 24.2 Å². The molecule has 21 heavy (non-hydrogen) atoms. The molecule has 0 radical (unpaired) electrons. The normalized spacial score (nSPS) is 40.3. The second kappa shape index (κ2) is 5.57. The van der Waals surface area contributed by atoms with Crippen LogP contribution in [0, 0.1) is 29.1 Å². The molecular weight excluding hydrogens is 260 g/mol. The van der Waals surface area contributed by atoms with Gasteiger partial charge in [-0.3, -0.25) is 4.79 Å². The minimum absolute atomic E-state index is 0.0620. The van der Waals surface area contributed by atoms with Crippen LogP contribution in [0.1, 0.15) is 65.7 Å². The number of hydrogen-bond acceptors (Lipinski definition) is 2. The van der Waals surface area contributed by atoms with Gasteiger partial charge in [-0.05, 0) is 81.0 Å². The van der Waals surface area contributed by atoms with Crippen LogP contribution in [0.2, 0.25) is 0 Å². The van der Waals surface area contributed by atoms with Gasteiger partial charge >= 0.3 is 0 Å². The van der Waals surface area contributed by atoms with Crippen molar-refractivity contribution in [2.45, 2.75) is 77.8 Å². The first kappa shape index (κ1) is 15.3. The highest BCUT2D eigenvalue weighted by Gasteiger charge is 2.53. The van der Waals surface area contributed by atoms with Crippen molar-refractivity contribution >= 4 is 5.91 Å². The van der Waals surface area contributed by atoms with Gasteiger partial charge in [-0.1, -0.05) is 13.8 Å².